The maximum Gasteiger partial charge on any atom is 0.335 e. The molecule has 0 aliphatic heterocycles. The summed E-state index contributed by atoms with van der Waals surface area (Å²) in [5.74, 6) is -1.20. The van der Waals surface area contributed by atoms with Crippen LogP contribution in [0.5, 0.6) is 0 Å². The van der Waals surface area contributed by atoms with E-state index in [-0.39, 0.29) is 11.3 Å². The second kappa shape index (κ2) is 5.92. The number of aromatic carboxylic acids is 1. The van der Waals surface area contributed by atoms with Crippen molar-refractivity contribution in [2.24, 2.45) is 0 Å². The SMILES string of the molecule is Cc1cc(C)nc(Sc2ccc(C(=O)O)cc2[N+](=O)[O-])c1. The van der Waals surface area contributed by atoms with Crippen molar-refractivity contribution in [2.75, 3.05) is 0 Å². The molecule has 0 atom stereocenters. The van der Waals surface area contributed by atoms with E-state index in [0.29, 0.717) is 9.92 Å². The lowest BCUT2D eigenvalue weighted by molar-refractivity contribution is -0.387. The van der Waals surface area contributed by atoms with E-state index in [1.807, 2.05) is 26.0 Å². The summed E-state index contributed by atoms with van der Waals surface area (Å²) in [6.07, 6.45) is 0. The maximum absolute atomic E-state index is 11.1. The maximum atomic E-state index is 11.1. The number of aryl methyl sites for hydroxylation is 2. The van der Waals surface area contributed by atoms with Crippen LogP contribution in [0.3, 0.4) is 0 Å². The molecule has 108 valence electrons. The Morgan fingerprint density at radius 2 is 2.00 bits per heavy atom. The summed E-state index contributed by atoms with van der Waals surface area (Å²) < 4.78 is 0. The highest BCUT2D eigenvalue weighted by molar-refractivity contribution is 7.99. The van der Waals surface area contributed by atoms with E-state index in [0.717, 1.165) is 29.1 Å². The highest BCUT2D eigenvalue weighted by Gasteiger charge is 2.18. The predicted octanol–water partition coefficient (Wildman–Crippen LogP) is 3.46. The summed E-state index contributed by atoms with van der Waals surface area (Å²) in [5.41, 5.74) is 1.48. The van der Waals surface area contributed by atoms with Crippen LogP contribution >= 0.6 is 11.8 Å². The van der Waals surface area contributed by atoms with Gasteiger partial charge in [0.05, 0.1) is 15.4 Å². The lowest BCUT2D eigenvalue weighted by Gasteiger charge is -2.05. The van der Waals surface area contributed by atoms with Crippen molar-refractivity contribution in [2.45, 2.75) is 23.8 Å². The quantitative estimate of drug-likeness (QED) is 0.686. The third kappa shape index (κ3) is 3.57. The summed E-state index contributed by atoms with van der Waals surface area (Å²) in [7, 11) is 0. The first-order chi connectivity index (χ1) is 9.86. The number of benzene rings is 1. The molecule has 1 aromatic heterocycles. The highest BCUT2D eigenvalue weighted by Crippen LogP contribution is 2.34. The summed E-state index contributed by atoms with van der Waals surface area (Å²) in [5, 5.41) is 20.6. The number of hydrogen-bond donors (Lipinski definition) is 1. The zero-order valence-corrected chi connectivity index (χ0v) is 12.2. The third-order valence-electron chi connectivity index (χ3n) is 2.69. The second-order valence-corrected chi connectivity index (χ2v) is 5.53. The van der Waals surface area contributed by atoms with E-state index in [2.05, 4.69) is 4.98 Å². The molecular weight excluding hydrogens is 292 g/mol. The van der Waals surface area contributed by atoms with Gasteiger partial charge in [0.1, 0.15) is 5.03 Å². The van der Waals surface area contributed by atoms with Crippen LogP contribution in [0.15, 0.2) is 40.3 Å². The highest BCUT2D eigenvalue weighted by atomic mass is 32.2. The monoisotopic (exact) mass is 304 g/mol. The average Bonchev–Trinajstić information content (AvgIpc) is 2.37. The lowest BCUT2D eigenvalue weighted by atomic mass is 10.2. The van der Waals surface area contributed by atoms with Gasteiger partial charge >= 0.3 is 5.97 Å². The first kappa shape index (κ1) is 15.0. The molecule has 1 N–H and O–H groups in total. The van der Waals surface area contributed by atoms with Gasteiger partial charge in [-0.2, -0.15) is 0 Å². The van der Waals surface area contributed by atoms with E-state index >= 15 is 0 Å². The Labute approximate surface area is 125 Å². The van der Waals surface area contributed by atoms with Gasteiger partial charge < -0.3 is 5.11 Å². The Morgan fingerprint density at radius 1 is 1.29 bits per heavy atom. The van der Waals surface area contributed by atoms with Crippen LogP contribution in [-0.2, 0) is 0 Å². The fourth-order valence-electron chi connectivity index (χ4n) is 1.85. The van der Waals surface area contributed by atoms with Gasteiger partial charge in [0.25, 0.3) is 5.69 Å². The van der Waals surface area contributed by atoms with Gasteiger partial charge in [-0.15, -0.1) is 0 Å². The van der Waals surface area contributed by atoms with Crippen LogP contribution < -0.4 is 0 Å². The molecule has 0 unspecified atom stereocenters. The Hall–Kier alpha value is -2.41. The van der Waals surface area contributed by atoms with Gasteiger partial charge in [0, 0.05) is 11.8 Å². The van der Waals surface area contributed by atoms with Gasteiger partial charge in [0.2, 0.25) is 0 Å². The zero-order chi connectivity index (χ0) is 15.6. The fourth-order valence-corrected chi connectivity index (χ4v) is 2.88. The Kier molecular flexibility index (Phi) is 4.23. The standard InChI is InChI=1S/C14H12N2O4S/c1-8-5-9(2)15-13(6-8)21-12-4-3-10(14(17)18)7-11(12)16(19)20/h3-7H,1-2H3,(H,17,18). The number of carboxylic acids is 1. The molecule has 0 amide bonds. The fraction of sp³-hybridized carbons (Fsp3) is 0.143. The Balaban J connectivity index is 2.43. The number of pyridine rings is 1. The number of aromatic nitrogens is 1. The number of carbonyl (C=O) groups is 1. The molecule has 7 heteroatoms. The van der Waals surface area contributed by atoms with Crippen molar-refractivity contribution in [3.05, 3.63) is 57.3 Å². The predicted molar refractivity (Wildman–Crippen MR) is 77.9 cm³/mol. The Morgan fingerprint density at radius 3 is 2.57 bits per heavy atom. The van der Waals surface area contributed by atoms with Crippen LogP contribution in [0.25, 0.3) is 0 Å². The summed E-state index contributed by atoms with van der Waals surface area (Å²) in [6, 6.07) is 7.58. The van der Waals surface area contributed by atoms with Crippen molar-refractivity contribution in [1.82, 2.24) is 4.98 Å². The molecule has 0 saturated carbocycles. The van der Waals surface area contributed by atoms with Crippen LogP contribution in [-0.4, -0.2) is 21.0 Å². The lowest BCUT2D eigenvalue weighted by Crippen LogP contribution is -1.99. The van der Waals surface area contributed by atoms with Crippen LogP contribution in [0.1, 0.15) is 21.6 Å². The number of nitrogens with zero attached hydrogens (tertiary/aromatic N) is 2. The molecule has 0 aliphatic carbocycles. The number of rotatable bonds is 4. The van der Waals surface area contributed by atoms with Gasteiger partial charge in [-0.25, -0.2) is 9.78 Å². The van der Waals surface area contributed by atoms with Crippen molar-refractivity contribution in [3.63, 3.8) is 0 Å². The van der Waals surface area contributed by atoms with Crippen LogP contribution in [0.4, 0.5) is 5.69 Å². The van der Waals surface area contributed by atoms with Crippen LogP contribution in [0, 0.1) is 24.0 Å². The minimum Gasteiger partial charge on any atom is -0.478 e. The molecule has 0 aliphatic rings. The van der Waals surface area contributed by atoms with Crippen molar-refractivity contribution in [1.29, 1.82) is 0 Å². The van der Waals surface area contributed by atoms with E-state index in [4.69, 9.17) is 5.11 Å². The largest absolute Gasteiger partial charge is 0.478 e. The number of hydrogen-bond acceptors (Lipinski definition) is 5. The molecule has 1 aromatic carbocycles. The van der Waals surface area contributed by atoms with E-state index in [9.17, 15) is 14.9 Å². The van der Waals surface area contributed by atoms with E-state index in [1.165, 1.54) is 12.1 Å². The smallest absolute Gasteiger partial charge is 0.335 e. The molecule has 0 fully saturated rings. The molecule has 0 saturated heterocycles. The first-order valence-electron chi connectivity index (χ1n) is 6.01. The molecule has 0 spiro atoms. The average molecular weight is 304 g/mol. The van der Waals surface area contributed by atoms with Crippen molar-refractivity contribution < 1.29 is 14.8 Å². The normalized spacial score (nSPS) is 10.4. The first-order valence-corrected chi connectivity index (χ1v) is 6.83. The van der Waals surface area contributed by atoms with E-state index < -0.39 is 10.9 Å². The molecule has 1 heterocycles. The Bertz CT molecular complexity index is 711. The summed E-state index contributed by atoms with van der Waals surface area (Å²) in [4.78, 5) is 26.1. The number of nitro benzene ring substituents is 1. The summed E-state index contributed by atoms with van der Waals surface area (Å²) >= 11 is 1.15. The molecule has 0 bridgehead atoms. The topological polar surface area (TPSA) is 93.3 Å². The van der Waals surface area contributed by atoms with Crippen molar-refractivity contribution in [3.8, 4) is 0 Å². The molecule has 0 radical (unpaired) electrons. The van der Waals surface area contributed by atoms with E-state index in [1.54, 1.807) is 0 Å². The van der Waals surface area contributed by atoms with Gasteiger partial charge in [-0.3, -0.25) is 10.1 Å². The van der Waals surface area contributed by atoms with Gasteiger partial charge in [-0.05, 0) is 43.7 Å². The number of carboxylic acid groups (broad SMARTS) is 1. The molecule has 6 nitrogen and oxygen atoms in total. The summed E-state index contributed by atoms with van der Waals surface area (Å²) in [6.45, 7) is 3.76. The minimum atomic E-state index is -1.20. The van der Waals surface area contributed by atoms with Crippen molar-refractivity contribution >= 4 is 23.4 Å². The molecule has 21 heavy (non-hydrogen) atoms. The molecule has 2 aromatic rings. The minimum absolute atomic E-state index is 0.112. The second-order valence-electron chi connectivity index (χ2n) is 4.47. The third-order valence-corrected chi connectivity index (χ3v) is 3.67. The van der Waals surface area contributed by atoms with Crippen LogP contribution in [0.2, 0.25) is 0 Å². The van der Waals surface area contributed by atoms with Gasteiger partial charge in [-0.1, -0.05) is 11.8 Å². The zero-order valence-electron chi connectivity index (χ0n) is 11.4. The van der Waals surface area contributed by atoms with Gasteiger partial charge in [0.15, 0.2) is 0 Å². The molecular formula is C14H12N2O4S. The molecule has 2 rings (SSSR count). The number of nitro groups is 1.